The van der Waals surface area contributed by atoms with Crippen molar-refractivity contribution in [2.24, 2.45) is 0 Å². The van der Waals surface area contributed by atoms with E-state index in [1.807, 2.05) is 18.2 Å². The van der Waals surface area contributed by atoms with E-state index in [0.29, 0.717) is 0 Å². The summed E-state index contributed by atoms with van der Waals surface area (Å²) < 4.78 is 0. The van der Waals surface area contributed by atoms with Crippen molar-refractivity contribution in [2.75, 3.05) is 14.1 Å². The van der Waals surface area contributed by atoms with Gasteiger partial charge in [-0.25, -0.2) is 0 Å². The lowest BCUT2D eigenvalue weighted by Crippen LogP contribution is -2.18. The Hall–Kier alpha value is -1.57. The molecule has 0 spiro atoms. The highest BCUT2D eigenvalue weighted by atomic mass is 16.2. The third-order valence-electron chi connectivity index (χ3n) is 2.64. The van der Waals surface area contributed by atoms with Gasteiger partial charge in [-0.05, 0) is 22.6 Å². The van der Waals surface area contributed by atoms with Crippen molar-refractivity contribution in [2.45, 2.75) is 26.2 Å². The zero-order valence-corrected chi connectivity index (χ0v) is 11.3. The molecule has 1 rings (SSSR count). The van der Waals surface area contributed by atoms with Gasteiger partial charge in [0.05, 0.1) is 0 Å². The third-order valence-corrected chi connectivity index (χ3v) is 2.64. The van der Waals surface area contributed by atoms with Crippen LogP contribution in [0.2, 0.25) is 0 Å². The minimum atomic E-state index is 0.00454. The molecule has 0 N–H and O–H groups in total. The number of hydrogen-bond donors (Lipinski definition) is 0. The van der Waals surface area contributed by atoms with Crippen molar-refractivity contribution in [1.29, 1.82) is 0 Å². The summed E-state index contributed by atoms with van der Waals surface area (Å²) in [6, 6.07) is 8.31. The van der Waals surface area contributed by atoms with Crippen LogP contribution in [0.4, 0.5) is 0 Å². The van der Waals surface area contributed by atoms with Crippen molar-refractivity contribution in [1.82, 2.24) is 4.90 Å². The Labute approximate surface area is 104 Å². The van der Waals surface area contributed by atoms with Crippen LogP contribution < -0.4 is 0 Å². The van der Waals surface area contributed by atoms with Gasteiger partial charge < -0.3 is 4.90 Å². The van der Waals surface area contributed by atoms with Crippen molar-refractivity contribution < 1.29 is 4.79 Å². The van der Waals surface area contributed by atoms with E-state index in [4.69, 9.17) is 0 Å². The highest BCUT2D eigenvalue weighted by Crippen LogP contribution is 2.22. The van der Waals surface area contributed by atoms with Crippen molar-refractivity contribution in [3.8, 4) is 0 Å². The molecule has 0 aliphatic carbocycles. The molecule has 1 aromatic rings. The molecule has 0 heterocycles. The molecule has 2 nitrogen and oxygen atoms in total. The van der Waals surface area contributed by atoms with Gasteiger partial charge in [0.15, 0.2) is 0 Å². The number of rotatable bonds is 2. The molecule has 0 fully saturated rings. The number of nitrogens with zero attached hydrogens (tertiary/aromatic N) is 1. The predicted molar refractivity (Wildman–Crippen MR) is 72.9 cm³/mol. The summed E-state index contributed by atoms with van der Waals surface area (Å²) in [5.74, 6) is 0.00454. The maximum Gasteiger partial charge on any atom is 0.246 e. The van der Waals surface area contributed by atoms with Crippen molar-refractivity contribution in [3.63, 3.8) is 0 Å². The lowest BCUT2D eigenvalue weighted by atomic mass is 9.87. The van der Waals surface area contributed by atoms with Crippen LogP contribution in [0.3, 0.4) is 0 Å². The molecular weight excluding hydrogens is 210 g/mol. The Balaban J connectivity index is 2.79. The molecule has 0 aromatic heterocycles. The SMILES string of the molecule is CN(C)C(=O)C=Cc1ccc(C(C)(C)C)cc1. The molecule has 0 unspecified atom stereocenters. The summed E-state index contributed by atoms with van der Waals surface area (Å²) in [6.07, 6.45) is 3.43. The number of benzene rings is 1. The van der Waals surface area contributed by atoms with Crippen LogP contribution in [0.15, 0.2) is 30.3 Å². The number of likely N-dealkylation sites (N-methyl/N-ethyl adjacent to an activating group) is 1. The van der Waals surface area contributed by atoms with Gasteiger partial charge in [0.25, 0.3) is 0 Å². The highest BCUT2D eigenvalue weighted by Gasteiger charge is 2.12. The number of amides is 1. The topological polar surface area (TPSA) is 20.3 Å². The molecule has 17 heavy (non-hydrogen) atoms. The fourth-order valence-electron chi connectivity index (χ4n) is 1.41. The third kappa shape index (κ3) is 4.06. The molecule has 0 saturated carbocycles. The van der Waals surface area contributed by atoms with E-state index in [1.165, 1.54) is 5.56 Å². The molecule has 0 atom stereocenters. The molecule has 1 aromatic carbocycles. The normalized spacial score (nSPS) is 11.8. The molecular formula is C15H21NO. The Bertz CT molecular complexity index is 408. The fraction of sp³-hybridized carbons (Fsp3) is 0.400. The number of hydrogen-bond acceptors (Lipinski definition) is 1. The van der Waals surface area contributed by atoms with Crippen LogP contribution in [0.25, 0.3) is 6.08 Å². The molecule has 0 saturated heterocycles. The molecule has 0 bridgehead atoms. The maximum atomic E-state index is 11.4. The smallest absolute Gasteiger partial charge is 0.246 e. The molecule has 0 aliphatic heterocycles. The second kappa shape index (κ2) is 5.17. The zero-order valence-electron chi connectivity index (χ0n) is 11.3. The summed E-state index contributed by atoms with van der Waals surface area (Å²) in [7, 11) is 3.49. The molecule has 1 amide bonds. The van der Waals surface area contributed by atoms with E-state index in [-0.39, 0.29) is 11.3 Å². The molecule has 2 heteroatoms. The first-order chi connectivity index (χ1) is 7.80. The lowest BCUT2D eigenvalue weighted by Gasteiger charge is -2.18. The molecule has 0 radical (unpaired) electrons. The first-order valence-corrected chi connectivity index (χ1v) is 5.80. The second-order valence-corrected chi connectivity index (χ2v) is 5.44. The summed E-state index contributed by atoms with van der Waals surface area (Å²) >= 11 is 0. The monoisotopic (exact) mass is 231 g/mol. The van der Waals surface area contributed by atoms with Crippen molar-refractivity contribution in [3.05, 3.63) is 41.5 Å². The minimum absolute atomic E-state index is 0.00454. The van der Waals surface area contributed by atoms with E-state index in [0.717, 1.165) is 5.56 Å². The van der Waals surface area contributed by atoms with Crippen LogP contribution in [0, 0.1) is 0 Å². The van der Waals surface area contributed by atoms with Gasteiger partial charge in [-0.2, -0.15) is 0 Å². The van der Waals surface area contributed by atoms with Crippen LogP contribution in [-0.4, -0.2) is 24.9 Å². The van der Waals surface area contributed by atoms with Gasteiger partial charge >= 0.3 is 0 Å². The van der Waals surface area contributed by atoms with Gasteiger partial charge in [0.2, 0.25) is 5.91 Å². The lowest BCUT2D eigenvalue weighted by molar-refractivity contribution is -0.123. The summed E-state index contributed by atoms with van der Waals surface area (Å²) in [4.78, 5) is 12.9. The Morgan fingerprint density at radius 2 is 1.65 bits per heavy atom. The van der Waals surface area contributed by atoms with Gasteiger partial charge in [-0.1, -0.05) is 45.0 Å². The fourth-order valence-corrected chi connectivity index (χ4v) is 1.41. The summed E-state index contributed by atoms with van der Waals surface area (Å²) in [5.41, 5.74) is 2.52. The van der Waals surface area contributed by atoms with Gasteiger partial charge in [-0.15, -0.1) is 0 Å². The summed E-state index contributed by atoms with van der Waals surface area (Å²) in [5, 5.41) is 0. The predicted octanol–water partition coefficient (Wildman–Crippen LogP) is 3.09. The van der Waals surface area contributed by atoms with Gasteiger partial charge in [0.1, 0.15) is 0 Å². The van der Waals surface area contributed by atoms with Gasteiger partial charge in [-0.3, -0.25) is 4.79 Å². The Morgan fingerprint density at radius 1 is 1.12 bits per heavy atom. The molecule has 92 valence electrons. The van der Waals surface area contributed by atoms with Gasteiger partial charge in [0, 0.05) is 20.2 Å². The summed E-state index contributed by atoms with van der Waals surface area (Å²) in [6.45, 7) is 6.56. The highest BCUT2D eigenvalue weighted by molar-refractivity contribution is 5.91. The maximum absolute atomic E-state index is 11.4. The Kier molecular flexibility index (Phi) is 4.11. The first kappa shape index (κ1) is 13.5. The average molecular weight is 231 g/mol. The van der Waals surface area contributed by atoms with E-state index in [2.05, 4.69) is 32.9 Å². The van der Waals surface area contributed by atoms with Crippen LogP contribution >= 0.6 is 0 Å². The zero-order chi connectivity index (χ0) is 13.1. The first-order valence-electron chi connectivity index (χ1n) is 5.80. The number of carbonyl (C=O) groups is 1. The van der Waals surface area contributed by atoms with Crippen LogP contribution in [0.5, 0.6) is 0 Å². The standard InChI is InChI=1S/C15H21NO/c1-15(2,3)13-9-6-12(7-10-13)8-11-14(17)16(4)5/h6-11H,1-5H3. The van der Waals surface area contributed by atoms with E-state index in [1.54, 1.807) is 25.1 Å². The molecule has 0 aliphatic rings. The van der Waals surface area contributed by atoms with E-state index in [9.17, 15) is 4.79 Å². The largest absolute Gasteiger partial charge is 0.345 e. The van der Waals surface area contributed by atoms with E-state index < -0.39 is 0 Å². The van der Waals surface area contributed by atoms with Crippen molar-refractivity contribution >= 4 is 12.0 Å². The average Bonchev–Trinajstić information content (AvgIpc) is 2.25. The van der Waals surface area contributed by atoms with Crippen LogP contribution in [0.1, 0.15) is 31.9 Å². The van der Waals surface area contributed by atoms with E-state index >= 15 is 0 Å². The number of carbonyl (C=O) groups excluding carboxylic acids is 1. The van der Waals surface area contributed by atoms with Crippen LogP contribution in [-0.2, 0) is 10.2 Å². The Morgan fingerprint density at radius 3 is 2.06 bits per heavy atom. The quantitative estimate of drug-likeness (QED) is 0.716. The second-order valence-electron chi connectivity index (χ2n) is 5.44. The minimum Gasteiger partial charge on any atom is -0.345 e.